The Morgan fingerprint density at radius 2 is 1.95 bits per heavy atom. The molecule has 1 unspecified atom stereocenters. The van der Waals surface area contributed by atoms with Crippen molar-refractivity contribution in [1.29, 1.82) is 4.78 Å². The van der Waals surface area contributed by atoms with E-state index in [1.54, 1.807) is 12.1 Å². The van der Waals surface area contributed by atoms with Crippen LogP contribution in [-0.4, -0.2) is 32.8 Å². The molecule has 0 heterocycles. The summed E-state index contributed by atoms with van der Waals surface area (Å²) in [5, 5.41) is 9.25. The summed E-state index contributed by atoms with van der Waals surface area (Å²) < 4.78 is 19.7. The summed E-state index contributed by atoms with van der Waals surface area (Å²) in [5.74, 6) is -0.928. The topological polar surface area (TPSA) is 104 Å². The lowest BCUT2D eigenvalue weighted by molar-refractivity contribution is -0.138. The Morgan fingerprint density at radius 3 is 2.47 bits per heavy atom. The van der Waals surface area contributed by atoms with Gasteiger partial charge in [-0.25, -0.2) is 4.21 Å². The number of nitrogens with one attached hydrogen (secondary N) is 1. The monoisotopic (exact) mass is 304 g/mol. The average molecular weight is 305 g/mol. The highest BCUT2D eigenvalue weighted by Gasteiger charge is 2.15. The number of hydrogen-bond acceptors (Lipinski definition) is 4. The van der Waals surface area contributed by atoms with Crippen LogP contribution in [0.2, 0.25) is 5.02 Å². The number of halogens is 1. The first-order valence-corrected chi connectivity index (χ1v) is 8.04. The number of hydrogen-bond donors (Lipinski definition) is 3. The first kappa shape index (κ1) is 15.9. The predicted molar refractivity (Wildman–Crippen MR) is 76.0 cm³/mol. The summed E-state index contributed by atoms with van der Waals surface area (Å²) in [5.41, 5.74) is 6.28. The standard InChI is InChI=1S/C12H17ClN2O3S/c13-10-3-1-9(2-4-10)5-7-19(15,18)8-6-11(14)12(16)17/h1-4,11,15H,5-8,14H2,(H,16,17)/t11-,19?/m0/s1. The van der Waals surface area contributed by atoms with Crippen LogP contribution in [0.25, 0.3) is 0 Å². The molecule has 7 heteroatoms. The molecule has 1 aromatic carbocycles. The van der Waals surface area contributed by atoms with Crippen molar-refractivity contribution in [3.8, 4) is 0 Å². The molecule has 4 N–H and O–H groups in total. The number of benzene rings is 1. The lowest BCUT2D eigenvalue weighted by Gasteiger charge is -2.10. The quantitative estimate of drug-likeness (QED) is 0.713. The molecule has 0 saturated heterocycles. The van der Waals surface area contributed by atoms with Gasteiger partial charge in [-0.3, -0.25) is 9.57 Å². The molecule has 1 aromatic rings. The average Bonchev–Trinajstić information content (AvgIpc) is 2.35. The van der Waals surface area contributed by atoms with E-state index in [1.165, 1.54) is 0 Å². The van der Waals surface area contributed by atoms with Crippen LogP contribution in [0, 0.1) is 4.78 Å². The van der Waals surface area contributed by atoms with E-state index in [1.807, 2.05) is 12.1 Å². The molecule has 0 aliphatic rings. The molecule has 0 saturated carbocycles. The molecule has 0 radical (unpaired) electrons. The van der Waals surface area contributed by atoms with Crippen LogP contribution in [-0.2, 0) is 20.9 Å². The fourth-order valence-electron chi connectivity index (χ4n) is 1.48. The second-order valence-corrected chi connectivity index (χ2v) is 7.21. The molecule has 0 aliphatic carbocycles. The Kier molecular flexibility index (Phi) is 5.78. The van der Waals surface area contributed by atoms with E-state index >= 15 is 0 Å². The van der Waals surface area contributed by atoms with Gasteiger partial charge in [-0.2, -0.15) is 0 Å². The van der Waals surface area contributed by atoms with E-state index in [0.29, 0.717) is 11.4 Å². The van der Waals surface area contributed by atoms with Gasteiger partial charge < -0.3 is 10.8 Å². The number of carboxylic acids is 1. The summed E-state index contributed by atoms with van der Waals surface area (Å²) in [6.07, 6.45) is 0.556. The number of carboxylic acid groups (broad SMARTS) is 1. The molecule has 0 aromatic heterocycles. The van der Waals surface area contributed by atoms with Crippen LogP contribution in [0.4, 0.5) is 0 Å². The first-order valence-electron chi connectivity index (χ1n) is 5.77. The van der Waals surface area contributed by atoms with Crippen molar-refractivity contribution in [2.45, 2.75) is 18.9 Å². The third-order valence-electron chi connectivity index (χ3n) is 2.71. The molecule has 0 amide bonds. The number of rotatable bonds is 7. The zero-order valence-corrected chi connectivity index (χ0v) is 11.9. The first-order chi connectivity index (χ1) is 8.80. The molecular weight excluding hydrogens is 288 g/mol. The van der Waals surface area contributed by atoms with E-state index in [0.717, 1.165) is 5.56 Å². The summed E-state index contributed by atoms with van der Waals surface area (Å²) in [7, 11) is -2.79. The minimum Gasteiger partial charge on any atom is -0.480 e. The summed E-state index contributed by atoms with van der Waals surface area (Å²) in [4.78, 5) is 10.5. The fraction of sp³-hybridized carbons (Fsp3) is 0.417. The highest BCUT2D eigenvalue weighted by Crippen LogP contribution is 2.11. The Balaban J connectivity index is 2.47. The van der Waals surface area contributed by atoms with Crippen molar-refractivity contribution >= 4 is 27.3 Å². The lowest BCUT2D eigenvalue weighted by atomic mass is 10.2. The maximum absolute atomic E-state index is 11.9. The van der Waals surface area contributed by atoms with Gasteiger partial charge in [0.25, 0.3) is 0 Å². The Labute approximate surface area is 117 Å². The number of carbonyl (C=O) groups is 1. The van der Waals surface area contributed by atoms with Crippen LogP contribution in [0.5, 0.6) is 0 Å². The molecule has 0 aliphatic heterocycles. The minimum absolute atomic E-state index is 0.00799. The third kappa shape index (κ3) is 6.04. The molecule has 19 heavy (non-hydrogen) atoms. The van der Waals surface area contributed by atoms with Crippen LogP contribution in [0.3, 0.4) is 0 Å². The fourth-order valence-corrected chi connectivity index (χ4v) is 3.01. The number of aliphatic carboxylic acids is 1. The zero-order valence-electron chi connectivity index (χ0n) is 10.3. The number of aryl methyl sites for hydroxylation is 1. The van der Waals surface area contributed by atoms with Crippen LogP contribution < -0.4 is 5.73 Å². The van der Waals surface area contributed by atoms with Crippen molar-refractivity contribution in [1.82, 2.24) is 0 Å². The normalized spacial score (nSPS) is 15.7. The van der Waals surface area contributed by atoms with Gasteiger partial charge in [0.15, 0.2) is 0 Å². The highest BCUT2D eigenvalue weighted by molar-refractivity contribution is 7.92. The van der Waals surface area contributed by atoms with Crippen molar-refractivity contribution in [2.24, 2.45) is 5.73 Å². The summed E-state index contributed by atoms with van der Waals surface area (Å²) in [6, 6.07) is 6.06. The molecular formula is C12H17ClN2O3S. The zero-order chi connectivity index (χ0) is 14.5. The molecule has 2 atom stereocenters. The van der Waals surface area contributed by atoms with E-state index in [2.05, 4.69) is 0 Å². The largest absolute Gasteiger partial charge is 0.480 e. The van der Waals surface area contributed by atoms with Crippen LogP contribution in [0.15, 0.2) is 24.3 Å². The third-order valence-corrected chi connectivity index (χ3v) is 4.72. The van der Waals surface area contributed by atoms with Gasteiger partial charge in [0.05, 0.1) is 0 Å². The highest BCUT2D eigenvalue weighted by atomic mass is 35.5. The van der Waals surface area contributed by atoms with Crippen LogP contribution >= 0.6 is 11.6 Å². The lowest BCUT2D eigenvalue weighted by Crippen LogP contribution is -2.32. The van der Waals surface area contributed by atoms with Gasteiger partial charge in [0, 0.05) is 26.3 Å². The molecule has 0 fully saturated rings. The van der Waals surface area contributed by atoms with Gasteiger partial charge in [-0.15, -0.1) is 0 Å². The smallest absolute Gasteiger partial charge is 0.320 e. The van der Waals surface area contributed by atoms with Gasteiger partial charge in [0.1, 0.15) is 6.04 Å². The second kappa shape index (κ2) is 6.88. The molecule has 0 spiro atoms. The Bertz CT molecular complexity index is 528. The van der Waals surface area contributed by atoms with E-state index in [9.17, 15) is 9.00 Å². The SMILES string of the molecule is N=S(=O)(CCc1ccc(Cl)cc1)CC[C@H](N)C(=O)O. The molecule has 106 valence electrons. The van der Waals surface area contributed by atoms with E-state index in [-0.39, 0.29) is 17.9 Å². The Hall–Kier alpha value is -1.11. The molecule has 5 nitrogen and oxygen atoms in total. The van der Waals surface area contributed by atoms with Crippen molar-refractivity contribution < 1.29 is 14.1 Å². The summed E-state index contributed by atoms with van der Waals surface area (Å²) >= 11 is 5.75. The van der Waals surface area contributed by atoms with Crippen molar-refractivity contribution in [3.05, 3.63) is 34.9 Å². The van der Waals surface area contributed by atoms with Gasteiger partial charge in [-0.05, 0) is 30.5 Å². The Morgan fingerprint density at radius 1 is 1.37 bits per heavy atom. The van der Waals surface area contributed by atoms with Crippen molar-refractivity contribution in [3.63, 3.8) is 0 Å². The summed E-state index contributed by atoms with van der Waals surface area (Å²) in [6.45, 7) is 0. The second-order valence-electron chi connectivity index (χ2n) is 4.33. The van der Waals surface area contributed by atoms with Crippen LogP contribution in [0.1, 0.15) is 12.0 Å². The predicted octanol–water partition coefficient (Wildman–Crippen LogP) is 1.73. The van der Waals surface area contributed by atoms with Gasteiger partial charge >= 0.3 is 5.97 Å². The van der Waals surface area contributed by atoms with E-state index in [4.69, 9.17) is 27.2 Å². The molecule has 0 bridgehead atoms. The maximum atomic E-state index is 11.9. The number of nitrogens with two attached hydrogens (primary N) is 1. The maximum Gasteiger partial charge on any atom is 0.320 e. The minimum atomic E-state index is -2.79. The van der Waals surface area contributed by atoms with Crippen molar-refractivity contribution in [2.75, 3.05) is 11.5 Å². The van der Waals surface area contributed by atoms with E-state index < -0.39 is 21.7 Å². The molecule has 1 rings (SSSR count). The van der Waals surface area contributed by atoms with Gasteiger partial charge in [-0.1, -0.05) is 23.7 Å². The van der Waals surface area contributed by atoms with Gasteiger partial charge in [0.2, 0.25) is 0 Å².